The van der Waals surface area contributed by atoms with Crippen LogP contribution < -0.4 is 0 Å². The normalized spacial score (nSPS) is 37.2. The number of aliphatic hydroxyl groups is 1. The van der Waals surface area contributed by atoms with Crippen molar-refractivity contribution in [2.75, 3.05) is 32.9 Å². The molecule has 5 rings (SSSR count). The largest absolute Gasteiger partial charge is 0.389 e. The molecular formula is C23H41NO3. The maximum atomic E-state index is 10.4. The molecule has 0 aromatic carbocycles. The Morgan fingerprint density at radius 1 is 0.963 bits per heavy atom. The number of hydrogen-bond donors (Lipinski definition) is 1. The first kappa shape index (κ1) is 20.1. The summed E-state index contributed by atoms with van der Waals surface area (Å²) in [5.41, 5.74) is 0.177. The monoisotopic (exact) mass is 379 g/mol. The average molecular weight is 380 g/mol. The summed E-state index contributed by atoms with van der Waals surface area (Å²) < 4.78 is 12.2. The van der Waals surface area contributed by atoms with E-state index < -0.39 is 0 Å². The Morgan fingerprint density at radius 2 is 1.59 bits per heavy atom. The van der Waals surface area contributed by atoms with Crippen LogP contribution in [0.25, 0.3) is 0 Å². The molecule has 5 aliphatic rings. The van der Waals surface area contributed by atoms with Gasteiger partial charge in [0.15, 0.2) is 0 Å². The second-order valence-corrected chi connectivity index (χ2v) is 10.1. The average Bonchev–Trinajstić information content (AvgIpc) is 2.65. The predicted octanol–water partition coefficient (Wildman–Crippen LogP) is 4.00. The van der Waals surface area contributed by atoms with E-state index in [1.54, 1.807) is 0 Å². The molecule has 1 N–H and O–H groups in total. The first-order chi connectivity index (χ1) is 13.2. The third-order valence-electron chi connectivity index (χ3n) is 7.87. The maximum Gasteiger partial charge on any atom is 0.0900 e. The van der Waals surface area contributed by atoms with Crippen LogP contribution in [0.15, 0.2) is 0 Å². The summed E-state index contributed by atoms with van der Waals surface area (Å²) in [6.45, 7) is 5.73. The van der Waals surface area contributed by atoms with Gasteiger partial charge in [-0.2, -0.15) is 0 Å². The smallest absolute Gasteiger partial charge is 0.0900 e. The topological polar surface area (TPSA) is 41.9 Å². The van der Waals surface area contributed by atoms with Gasteiger partial charge < -0.3 is 14.6 Å². The molecule has 5 fully saturated rings. The molecule has 1 unspecified atom stereocenters. The van der Waals surface area contributed by atoms with Crippen molar-refractivity contribution >= 4 is 0 Å². The Kier molecular flexibility index (Phi) is 6.79. The molecule has 0 spiro atoms. The number of hydrogen-bond acceptors (Lipinski definition) is 4. The Morgan fingerprint density at radius 3 is 2.19 bits per heavy atom. The van der Waals surface area contributed by atoms with Gasteiger partial charge in [0.25, 0.3) is 0 Å². The van der Waals surface area contributed by atoms with Gasteiger partial charge in [0.2, 0.25) is 0 Å². The van der Waals surface area contributed by atoms with Crippen LogP contribution in [-0.2, 0) is 9.47 Å². The SMILES string of the molecule is CCN(CC(O)COCCOC12CC3CC(CC(C3)C1)C2)C1CCCCC1. The zero-order valence-corrected chi connectivity index (χ0v) is 17.4. The van der Waals surface area contributed by atoms with Gasteiger partial charge in [-0.15, -0.1) is 0 Å². The summed E-state index contributed by atoms with van der Waals surface area (Å²) in [5, 5.41) is 10.4. The van der Waals surface area contributed by atoms with Crippen molar-refractivity contribution in [3.63, 3.8) is 0 Å². The van der Waals surface area contributed by atoms with E-state index in [4.69, 9.17) is 9.47 Å². The Hall–Kier alpha value is -0.160. The fourth-order valence-corrected chi connectivity index (χ4v) is 7.05. The fraction of sp³-hybridized carbons (Fsp3) is 1.00. The molecule has 5 saturated carbocycles. The van der Waals surface area contributed by atoms with Crippen LogP contribution in [0.3, 0.4) is 0 Å². The number of nitrogens with zero attached hydrogens (tertiary/aromatic N) is 1. The molecule has 0 saturated heterocycles. The highest BCUT2D eigenvalue weighted by atomic mass is 16.5. The highest BCUT2D eigenvalue weighted by Gasteiger charge is 2.51. The van der Waals surface area contributed by atoms with Crippen LogP contribution in [0.1, 0.15) is 77.6 Å². The van der Waals surface area contributed by atoms with Crippen molar-refractivity contribution < 1.29 is 14.6 Å². The second kappa shape index (κ2) is 9.11. The first-order valence-electron chi connectivity index (χ1n) is 11.8. The molecule has 27 heavy (non-hydrogen) atoms. The molecule has 4 heteroatoms. The van der Waals surface area contributed by atoms with Crippen LogP contribution in [0.2, 0.25) is 0 Å². The molecule has 0 heterocycles. The Balaban J connectivity index is 1.12. The molecule has 4 nitrogen and oxygen atoms in total. The van der Waals surface area contributed by atoms with E-state index in [0.29, 0.717) is 25.9 Å². The third kappa shape index (κ3) is 5.07. The van der Waals surface area contributed by atoms with Gasteiger partial charge >= 0.3 is 0 Å². The molecular weight excluding hydrogens is 338 g/mol. The maximum absolute atomic E-state index is 10.4. The molecule has 5 aliphatic carbocycles. The second-order valence-electron chi connectivity index (χ2n) is 10.1. The van der Waals surface area contributed by atoms with E-state index in [1.165, 1.54) is 70.6 Å². The standard InChI is InChI=1S/C23H41NO3/c1-2-24(21-6-4-3-5-7-21)16-22(25)17-26-8-9-27-23-13-18-10-19(14-23)12-20(11-18)15-23/h18-22,25H,2-17H2,1H3. The molecule has 0 radical (unpaired) electrons. The zero-order valence-electron chi connectivity index (χ0n) is 17.4. The fourth-order valence-electron chi connectivity index (χ4n) is 7.05. The van der Waals surface area contributed by atoms with E-state index in [9.17, 15) is 5.11 Å². The van der Waals surface area contributed by atoms with Crippen molar-refractivity contribution in [2.45, 2.75) is 95.3 Å². The lowest BCUT2D eigenvalue weighted by molar-refractivity contribution is -0.170. The summed E-state index contributed by atoms with van der Waals surface area (Å²) in [6.07, 6.45) is 14.5. The minimum atomic E-state index is -0.383. The molecule has 0 aromatic rings. The van der Waals surface area contributed by atoms with Crippen LogP contribution in [0.5, 0.6) is 0 Å². The lowest BCUT2D eigenvalue weighted by Crippen LogP contribution is -2.52. The number of ether oxygens (including phenoxy) is 2. The predicted molar refractivity (Wildman–Crippen MR) is 108 cm³/mol. The van der Waals surface area contributed by atoms with Gasteiger partial charge in [0.1, 0.15) is 0 Å². The quantitative estimate of drug-likeness (QED) is 0.583. The van der Waals surface area contributed by atoms with Gasteiger partial charge in [-0.1, -0.05) is 26.2 Å². The lowest BCUT2D eigenvalue weighted by atomic mass is 9.54. The first-order valence-corrected chi connectivity index (χ1v) is 11.8. The van der Waals surface area contributed by atoms with Crippen molar-refractivity contribution in [3.8, 4) is 0 Å². The number of rotatable bonds is 10. The van der Waals surface area contributed by atoms with E-state index in [1.807, 2.05) is 0 Å². The van der Waals surface area contributed by atoms with Crippen molar-refractivity contribution in [2.24, 2.45) is 17.8 Å². The highest BCUT2D eigenvalue weighted by molar-refractivity contribution is 5.03. The number of aliphatic hydroxyl groups excluding tert-OH is 1. The minimum absolute atomic E-state index is 0.177. The summed E-state index contributed by atoms with van der Waals surface area (Å²) >= 11 is 0. The van der Waals surface area contributed by atoms with Gasteiger partial charge in [0, 0.05) is 12.6 Å². The van der Waals surface area contributed by atoms with Gasteiger partial charge in [-0.05, 0) is 75.7 Å². The van der Waals surface area contributed by atoms with Crippen LogP contribution in [0, 0.1) is 17.8 Å². The van der Waals surface area contributed by atoms with Gasteiger partial charge in [0.05, 0.1) is 31.5 Å². The van der Waals surface area contributed by atoms with Crippen molar-refractivity contribution in [1.82, 2.24) is 4.90 Å². The van der Waals surface area contributed by atoms with E-state index in [0.717, 1.165) is 30.8 Å². The summed E-state index contributed by atoms with van der Waals surface area (Å²) in [4.78, 5) is 2.46. The number of likely N-dealkylation sites (N-methyl/N-ethyl adjacent to an activating group) is 1. The Bertz CT molecular complexity index is 427. The molecule has 0 aromatic heterocycles. The summed E-state index contributed by atoms with van der Waals surface area (Å²) in [5.74, 6) is 2.79. The van der Waals surface area contributed by atoms with Crippen LogP contribution >= 0.6 is 0 Å². The van der Waals surface area contributed by atoms with Gasteiger partial charge in [-0.3, -0.25) is 4.90 Å². The highest BCUT2D eigenvalue weighted by Crippen LogP contribution is 2.57. The van der Waals surface area contributed by atoms with E-state index >= 15 is 0 Å². The van der Waals surface area contributed by atoms with E-state index in [2.05, 4.69) is 11.8 Å². The van der Waals surface area contributed by atoms with E-state index in [-0.39, 0.29) is 11.7 Å². The van der Waals surface area contributed by atoms with Crippen LogP contribution in [0.4, 0.5) is 0 Å². The van der Waals surface area contributed by atoms with Crippen molar-refractivity contribution in [3.05, 3.63) is 0 Å². The molecule has 1 atom stereocenters. The lowest BCUT2D eigenvalue weighted by Gasteiger charge is -2.56. The Labute approximate surface area is 166 Å². The minimum Gasteiger partial charge on any atom is -0.389 e. The zero-order chi connectivity index (χ0) is 18.7. The van der Waals surface area contributed by atoms with Gasteiger partial charge in [-0.25, -0.2) is 0 Å². The molecule has 156 valence electrons. The summed E-state index contributed by atoms with van der Waals surface area (Å²) in [7, 11) is 0. The van der Waals surface area contributed by atoms with Crippen molar-refractivity contribution in [1.29, 1.82) is 0 Å². The summed E-state index contributed by atoms with van der Waals surface area (Å²) in [6, 6.07) is 0.665. The molecule has 0 amide bonds. The van der Waals surface area contributed by atoms with Crippen LogP contribution in [-0.4, -0.2) is 60.7 Å². The molecule has 4 bridgehead atoms. The third-order valence-corrected chi connectivity index (χ3v) is 7.87. The molecule has 0 aliphatic heterocycles.